The molecule has 0 saturated carbocycles. The van der Waals surface area contributed by atoms with E-state index in [-0.39, 0.29) is 26.6 Å². The van der Waals surface area contributed by atoms with E-state index in [1.165, 1.54) is 0 Å². The fourth-order valence-electron chi connectivity index (χ4n) is 1.62. The fourth-order valence-corrected chi connectivity index (χ4v) is 1.62. The molecule has 6 nitrogen and oxygen atoms in total. The van der Waals surface area contributed by atoms with Crippen LogP contribution in [0.3, 0.4) is 0 Å². The summed E-state index contributed by atoms with van der Waals surface area (Å²) < 4.78 is 5.38. The molecule has 0 amide bonds. The Bertz CT molecular complexity index is 480. The molecule has 3 aromatic heterocycles. The van der Waals surface area contributed by atoms with E-state index in [4.69, 9.17) is 0 Å². The van der Waals surface area contributed by atoms with Gasteiger partial charge in [0.15, 0.2) is 0 Å². The Morgan fingerprint density at radius 1 is 0.619 bits per heavy atom. The molecule has 21 heavy (non-hydrogen) atoms. The summed E-state index contributed by atoms with van der Waals surface area (Å²) >= 11 is 0. The van der Waals surface area contributed by atoms with E-state index >= 15 is 0 Å². The molecular formula is C13H17BN6Rh-. The van der Waals surface area contributed by atoms with Gasteiger partial charge in [0, 0.05) is 38.1 Å². The Kier molecular flexibility index (Phi) is 9.46. The third kappa shape index (κ3) is 4.68. The monoisotopic (exact) mass is 371 g/mol. The van der Waals surface area contributed by atoms with Gasteiger partial charge in [0.1, 0.15) is 0 Å². The maximum absolute atomic E-state index is 4.22. The summed E-state index contributed by atoms with van der Waals surface area (Å²) in [7, 11) is -0.194. The first-order chi connectivity index (χ1) is 9.95. The fraction of sp³-hybridized carbons (Fsp3) is 0. The second kappa shape index (κ2) is 10.6. The molecule has 0 unspecified atom stereocenters. The van der Waals surface area contributed by atoms with Crippen molar-refractivity contribution in [2.24, 2.45) is 0 Å². The molecule has 0 spiro atoms. The summed E-state index contributed by atoms with van der Waals surface area (Å²) in [5, 5.41) is 12.7. The van der Waals surface area contributed by atoms with E-state index in [0.717, 1.165) is 0 Å². The molecule has 0 aromatic carbocycles. The molecule has 0 aliphatic rings. The quantitative estimate of drug-likeness (QED) is 0.522. The van der Waals surface area contributed by atoms with Crippen LogP contribution in [0.25, 0.3) is 0 Å². The number of hydrogen-bond acceptors (Lipinski definition) is 3. The third-order valence-electron chi connectivity index (χ3n) is 2.28. The number of hydrogen-bond donors (Lipinski definition) is 0. The summed E-state index contributed by atoms with van der Waals surface area (Å²) in [6.07, 6.45) is 10.9. The SMILES string of the molecule is C=C.C=C.[Rh].c1cnn([B-](n2cccn2)n2cccn2)c1. The molecule has 0 aliphatic heterocycles. The van der Waals surface area contributed by atoms with Gasteiger partial charge in [0.2, 0.25) is 0 Å². The molecule has 0 N–H and O–H groups in total. The molecule has 0 aliphatic carbocycles. The minimum absolute atomic E-state index is 0. The van der Waals surface area contributed by atoms with Crippen molar-refractivity contribution < 1.29 is 19.5 Å². The van der Waals surface area contributed by atoms with E-state index in [9.17, 15) is 0 Å². The number of rotatable bonds is 3. The normalized spacial score (nSPS) is 8.81. The van der Waals surface area contributed by atoms with Gasteiger partial charge in [-0.2, -0.15) is 0 Å². The van der Waals surface area contributed by atoms with Gasteiger partial charge in [-0.05, 0) is 36.8 Å². The second-order valence-corrected chi connectivity index (χ2v) is 3.30. The van der Waals surface area contributed by atoms with Gasteiger partial charge in [-0.3, -0.25) is 0 Å². The van der Waals surface area contributed by atoms with Crippen LogP contribution in [-0.4, -0.2) is 36.2 Å². The number of aromatic nitrogens is 6. The zero-order valence-electron chi connectivity index (χ0n) is 11.6. The minimum Gasteiger partial charge on any atom is -0.425 e. The summed E-state index contributed by atoms with van der Waals surface area (Å²) in [6.45, 7) is 12.0. The Balaban J connectivity index is 0.000000741. The van der Waals surface area contributed by atoms with E-state index in [2.05, 4.69) is 41.6 Å². The van der Waals surface area contributed by atoms with Crippen molar-refractivity contribution in [2.75, 3.05) is 0 Å². The van der Waals surface area contributed by atoms with Crippen LogP contribution in [0, 0.1) is 0 Å². The Morgan fingerprint density at radius 3 is 1.10 bits per heavy atom. The Labute approximate surface area is 137 Å². The first-order valence-corrected chi connectivity index (χ1v) is 5.92. The van der Waals surface area contributed by atoms with Crippen molar-refractivity contribution in [3.63, 3.8) is 0 Å². The van der Waals surface area contributed by atoms with Crippen molar-refractivity contribution in [2.45, 2.75) is 0 Å². The molecule has 0 fully saturated rings. The van der Waals surface area contributed by atoms with Crippen molar-refractivity contribution in [3.05, 3.63) is 81.7 Å². The van der Waals surface area contributed by atoms with Gasteiger partial charge in [-0.1, -0.05) is 0 Å². The zero-order valence-corrected chi connectivity index (χ0v) is 13.3. The van der Waals surface area contributed by atoms with Crippen molar-refractivity contribution in [1.82, 2.24) is 29.1 Å². The van der Waals surface area contributed by atoms with Crippen molar-refractivity contribution in [3.8, 4) is 0 Å². The van der Waals surface area contributed by atoms with Crippen molar-refractivity contribution >= 4 is 7.12 Å². The topological polar surface area (TPSA) is 53.5 Å². The zero-order chi connectivity index (χ0) is 14.8. The summed E-state index contributed by atoms with van der Waals surface area (Å²) in [6, 6.07) is 5.62. The van der Waals surface area contributed by atoms with E-state index in [1.54, 1.807) is 32.4 Å². The van der Waals surface area contributed by atoms with Gasteiger partial charge < -0.3 is 13.8 Å². The summed E-state index contributed by atoms with van der Waals surface area (Å²) in [5.74, 6) is 0. The maximum atomic E-state index is 4.22. The average Bonchev–Trinajstić information content (AvgIpc) is 3.28. The van der Waals surface area contributed by atoms with E-state index < -0.39 is 0 Å². The molecule has 0 saturated heterocycles. The largest absolute Gasteiger partial charge is 0.425 e. The summed E-state index contributed by atoms with van der Waals surface area (Å²) in [4.78, 5) is 0. The molecule has 0 atom stereocenters. The minimum atomic E-state index is -0.194. The van der Waals surface area contributed by atoms with Crippen LogP contribution in [0.15, 0.2) is 81.7 Å². The van der Waals surface area contributed by atoms with Crippen LogP contribution in [0.5, 0.6) is 0 Å². The van der Waals surface area contributed by atoms with Crippen LogP contribution in [0.1, 0.15) is 0 Å². The first-order valence-electron chi connectivity index (χ1n) is 5.92. The van der Waals surface area contributed by atoms with Crippen LogP contribution in [-0.2, 0) is 19.5 Å². The predicted octanol–water partition coefficient (Wildman–Crippen LogP) is 1.81. The van der Waals surface area contributed by atoms with Gasteiger partial charge in [0.25, 0.3) is 7.12 Å². The molecule has 112 valence electrons. The number of nitrogens with zero attached hydrogens (tertiary/aromatic N) is 6. The van der Waals surface area contributed by atoms with Crippen LogP contribution in [0.2, 0.25) is 0 Å². The summed E-state index contributed by atoms with van der Waals surface area (Å²) in [5.41, 5.74) is 0. The van der Waals surface area contributed by atoms with Crippen LogP contribution >= 0.6 is 0 Å². The predicted molar refractivity (Wildman–Crippen MR) is 81.1 cm³/mol. The molecule has 0 bridgehead atoms. The van der Waals surface area contributed by atoms with Crippen LogP contribution in [0.4, 0.5) is 0 Å². The van der Waals surface area contributed by atoms with E-state index in [0.29, 0.717) is 0 Å². The third-order valence-corrected chi connectivity index (χ3v) is 2.28. The standard InChI is InChI=1S/C9H9BN6.2C2H4.Rh/c1-4-11-14(7-1)10(15-8-2-5-12-15)16-9-3-6-13-16;2*1-2;/h1-9H;2*1-2H2;/q-1;;;. The van der Waals surface area contributed by atoms with Gasteiger partial charge in [-0.25, -0.2) is 15.3 Å². The Morgan fingerprint density at radius 2 is 0.905 bits per heavy atom. The van der Waals surface area contributed by atoms with Crippen molar-refractivity contribution in [1.29, 1.82) is 0 Å². The molecule has 2 radical (unpaired) electrons. The van der Waals surface area contributed by atoms with E-state index in [1.807, 2.05) is 36.8 Å². The average molecular weight is 371 g/mol. The molecular weight excluding hydrogens is 354 g/mol. The molecule has 8 heteroatoms. The smallest absolute Gasteiger partial charge is 0.260 e. The van der Waals surface area contributed by atoms with Gasteiger partial charge in [-0.15, -0.1) is 26.3 Å². The van der Waals surface area contributed by atoms with Crippen LogP contribution < -0.4 is 0 Å². The molecule has 3 heterocycles. The van der Waals surface area contributed by atoms with Gasteiger partial charge in [0.05, 0.1) is 0 Å². The molecule has 3 aromatic rings. The second-order valence-electron chi connectivity index (χ2n) is 3.30. The molecule has 3 rings (SSSR count). The van der Waals surface area contributed by atoms with Gasteiger partial charge >= 0.3 is 0 Å². The Hall–Kier alpha value is -2.20. The maximum Gasteiger partial charge on any atom is 0.260 e. The first kappa shape index (κ1) is 18.8.